The first-order chi connectivity index (χ1) is 10.5. The number of hydrogen-bond acceptors (Lipinski definition) is 4. The van der Waals surface area contributed by atoms with Crippen LogP contribution in [0.4, 0.5) is 5.82 Å². The third-order valence-corrected chi connectivity index (χ3v) is 5.50. The van der Waals surface area contributed by atoms with Crippen LogP contribution < -0.4 is 5.32 Å². The minimum absolute atomic E-state index is 0.0680. The first-order valence-corrected chi connectivity index (χ1v) is 9.64. The third-order valence-electron chi connectivity index (χ3n) is 4.19. The number of carbonyl (C=O) groups is 1. The number of anilines is 1. The zero-order valence-corrected chi connectivity index (χ0v) is 15.3. The van der Waals surface area contributed by atoms with E-state index in [2.05, 4.69) is 31.2 Å². The lowest BCUT2D eigenvalue weighted by Gasteiger charge is -2.29. The fraction of sp³-hybridized carbons (Fsp3) is 0.733. The van der Waals surface area contributed by atoms with Gasteiger partial charge in [-0.15, -0.1) is 0 Å². The Morgan fingerprint density at radius 3 is 2.30 bits per heavy atom. The number of aromatic nitrogens is 2. The van der Waals surface area contributed by atoms with E-state index in [4.69, 9.17) is 0 Å². The Morgan fingerprint density at radius 1 is 1.30 bits per heavy atom. The molecule has 2 rings (SSSR count). The van der Waals surface area contributed by atoms with E-state index >= 15 is 0 Å². The number of nitrogens with one attached hydrogen (secondary N) is 1. The van der Waals surface area contributed by atoms with Gasteiger partial charge in [0.1, 0.15) is 5.82 Å². The van der Waals surface area contributed by atoms with Crippen molar-refractivity contribution in [3.8, 4) is 0 Å². The molecule has 0 atom stereocenters. The molecule has 1 aliphatic heterocycles. The van der Waals surface area contributed by atoms with E-state index < -0.39 is 10.0 Å². The van der Waals surface area contributed by atoms with E-state index in [0.29, 0.717) is 31.7 Å². The Balaban J connectivity index is 2.00. The van der Waals surface area contributed by atoms with Crippen LogP contribution in [0.25, 0.3) is 0 Å². The highest BCUT2D eigenvalue weighted by atomic mass is 32.2. The van der Waals surface area contributed by atoms with Gasteiger partial charge >= 0.3 is 0 Å². The molecule has 1 fully saturated rings. The molecule has 0 radical (unpaired) electrons. The minimum atomic E-state index is -3.17. The quantitative estimate of drug-likeness (QED) is 0.898. The van der Waals surface area contributed by atoms with Crippen molar-refractivity contribution in [2.75, 3.05) is 24.7 Å². The number of rotatable bonds is 3. The molecule has 130 valence electrons. The summed E-state index contributed by atoms with van der Waals surface area (Å²) >= 11 is 0. The maximum absolute atomic E-state index is 12.4. The van der Waals surface area contributed by atoms with Crippen molar-refractivity contribution in [3.63, 3.8) is 0 Å². The molecule has 23 heavy (non-hydrogen) atoms. The minimum Gasteiger partial charge on any atom is -0.311 e. The van der Waals surface area contributed by atoms with Gasteiger partial charge in [-0.25, -0.2) is 12.7 Å². The fourth-order valence-electron chi connectivity index (χ4n) is 2.63. The highest BCUT2D eigenvalue weighted by Crippen LogP contribution is 2.25. The summed E-state index contributed by atoms with van der Waals surface area (Å²) in [6, 6.07) is 1.89. The lowest BCUT2D eigenvalue weighted by Crippen LogP contribution is -2.41. The largest absolute Gasteiger partial charge is 0.311 e. The van der Waals surface area contributed by atoms with Crippen molar-refractivity contribution in [2.45, 2.75) is 39.0 Å². The smallest absolute Gasteiger partial charge is 0.228 e. The summed E-state index contributed by atoms with van der Waals surface area (Å²) < 4.78 is 26.1. The van der Waals surface area contributed by atoms with Crippen LogP contribution in [-0.2, 0) is 27.3 Å². The summed E-state index contributed by atoms with van der Waals surface area (Å²) in [5.41, 5.74) is 0.837. The predicted molar refractivity (Wildman–Crippen MR) is 89.7 cm³/mol. The van der Waals surface area contributed by atoms with Crippen molar-refractivity contribution in [1.82, 2.24) is 14.1 Å². The summed E-state index contributed by atoms with van der Waals surface area (Å²) in [4.78, 5) is 12.4. The van der Waals surface area contributed by atoms with Crippen LogP contribution in [0.15, 0.2) is 6.07 Å². The molecule has 2 heterocycles. The molecule has 0 bridgehead atoms. The van der Waals surface area contributed by atoms with Crippen molar-refractivity contribution in [3.05, 3.63) is 11.8 Å². The summed E-state index contributed by atoms with van der Waals surface area (Å²) in [7, 11) is -1.36. The molecular weight excluding hydrogens is 316 g/mol. The average Bonchev–Trinajstić information content (AvgIpc) is 2.79. The van der Waals surface area contributed by atoms with Gasteiger partial charge in [0.25, 0.3) is 0 Å². The molecule has 0 unspecified atom stereocenters. The molecule has 1 aromatic heterocycles. The summed E-state index contributed by atoms with van der Waals surface area (Å²) in [6.45, 7) is 7.01. The average molecular weight is 342 g/mol. The molecule has 8 heteroatoms. The molecular formula is C15H26N4O3S. The second-order valence-electron chi connectivity index (χ2n) is 7.21. The van der Waals surface area contributed by atoms with Gasteiger partial charge < -0.3 is 5.32 Å². The van der Waals surface area contributed by atoms with Crippen LogP contribution in [0, 0.1) is 5.92 Å². The topological polar surface area (TPSA) is 84.3 Å². The van der Waals surface area contributed by atoms with E-state index in [1.54, 1.807) is 11.7 Å². The van der Waals surface area contributed by atoms with E-state index in [1.165, 1.54) is 10.6 Å². The van der Waals surface area contributed by atoms with E-state index in [-0.39, 0.29) is 17.2 Å². The number of sulfonamides is 1. The van der Waals surface area contributed by atoms with Crippen molar-refractivity contribution >= 4 is 21.7 Å². The molecule has 0 spiro atoms. The van der Waals surface area contributed by atoms with E-state index in [0.717, 1.165) is 5.69 Å². The fourth-order valence-corrected chi connectivity index (χ4v) is 3.50. The Kier molecular flexibility index (Phi) is 4.86. The van der Waals surface area contributed by atoms with Gasteiger partial charge in [-0.3, -0.25) is 9.48 Å². The van der Waals surface area contributed by atoms with Crippen molar-refractivity contribution in [1.29, 1.82) is 0 Å². The predicted octanol–water partition coefficient (Wildman–Crippen LogP) is 1.33. The molecule has 1 aromatic rings. The molecule has 0 aromatic carbocycles. The summed E-state index contributed by atoms with van der Waals surface area (Å²) in [6.07, 6.45) is 2.29. The number of hydrogen-bond donors (Lipinski definition) is 1. The number of aryl methyl sites for hydroxylation is 1. The van der Waals surface area contributed by atoms with Crippen LogP contribution in [0.2, 0.25) is 0 Å². The maximum atomic E-state index is 12.4. The van der Waals surface area contributed by atoms with Gasteiger partial charge in [-0.05, 0) is 12.8 Å². The second-order valence-corrected chi connectivity index (χ2v) is 9.20. The van der Waals surface area contributed by atoms with Crippen LogP contribution in [-0.4, -0.2) is 47.8 Å². The third kappa shape index (κ3) is 4.32. The lowest BCUT2D eigenvalue weighted by molar-refractivity contribution is -0.121. The Morgan fingerprint density at radius 2 is 1.87 bits per heavy atom. The van der Waals surface area contributed by atoms with E-state index in [1.807, 2.05) is 6.07 Å². The van der Waals surface area contributed by atoms with Crippen LogP contribution in [0.3, 0.4) is 0 Å². The molecule has 0 saturated carbocycles. The Labute approximate surface area is 138 Å². The molecule has 1 N–H and O–H groups in total. The number of amides is 1. The van der Waals surface area contributed by atoms with Crippen LogP contribution >= 0.6 is 0 Å². The van der Waals surface area contributed by atoms with E-state index in [9.17, 15) is 13.2 Å². The Bertz CT molecular complexity index is 680. The molecule has 1 aliphatic rings. The van der Waals surface area contributed by atoms with Gasteiger partial charge in [0, 0.05) is 37.5 Å². The van der Waals surface area contributed by atoms with Crippen LogP contribution in [0.1, 0.15) is 39.3 Å². The number of nitrogens with zero attached hydrogens (tertiary/aromatic N) is 3. The standard InChI is InChI=1S/C15H26N4O3S/c1-15(2,3)12-10-13(18(4)17-12)16-14(20)11-6-8-19(9-7-11)23(5,21)22/h10-11H,6-9H2,1-5H3,(H,16,20). The molecule has 0 aliphatic carbocycles. The van der Waals surface area contributed by atoms with Gasteiger partial charge in [0.2, 0.25) is 15.9 Å². The molecule has 1 saturated heterocycles. The molecule has 1 amide bonds. The monoisotopic (exact) mass is 342 g/mol. The van der Waals surface area contributed by atoms with Gasteiger partial charge in [0.15, 0.2) is 0 Å². The van der Waals surface area contributed by atoms with Gasteiger partial charge in [-0.2, -0.15) is 5.10 Å². The Hall–Kier alpha value is -1.41. The first kappa shape index (κ1) is 17.9. The van der Waals surface area contributed by atoms with Gasteiger partial charge in [0.05, 0.1) is 11.9 Å². The van der Waals surface area contributed by atoms with Crippen molar-refractivity contribution in [2.24, 2.45) is 13.0 Å². The normalized spacial score (nSPS) is 18.1. The highest BCUT2D eigenvalue weighted by molar-refractivity contribution is 7.88. The number of carbonyl (C=O) groups excluding carboxylic acids is 1. The summed E-state index contributed by atoms with van der Waals surface area (Å²) in [5, 5.41) is 7.36. The van der Waals surface area contributed by atoms with Gasteiger partial charge in [-0.1, -0.05) is 20.8 Å². The SMILES string of the molecule is Cn1nc(C(C)(C)C)cc1NC(=O)C1CCN(S(C)(=O)=O)CC1. The second kappa shape index (κ2) is 6.24. The zero-order chi connectivity index (χ0) is 17.4. The lowest BCUT2D eigenvalue weighted by atomic mass is 9.92. The highest BCUT2D eigenvalue weighted by Gasteiger charge is 2.29. The first-order valence-electron chi connectivity index (χ1n) is 7.79. The van der Waals surface area contributed by atoms with Crippen molar-refractivity contribution < 1.29 is 13.2 Å². The molecule has 7 nitrogen and oxygen atoms in total. The van der Waals surface area contributed by atoms with Crippen LogP contribution in [0.5, 0.6) is 0 Å². The zero-order valence-electron chi connectivity index (χ0n) is 14.5. The number of piperidine rings is 1. The summed E-state index contributed by atoms with van der Waals surface area (Å²) in [5.74, 6) is 0.438. The maximum Gasteiger partial charge on any atom is 0.228 e.